The van der Waals surface area contributed by atoms with Crippen molar-refractivity contribution in [2.75, 3.05) is 11.9 Å². The summed E-state index contributed by atoms with van der Waals surface area (Å²) in [4.78, 5) is 44.6. The van der Waals surface area contributed by atoms with E-state index in [9.17, 15) is 23.2 Å². The maximum absolute atomic E-state index is 13.1. The molecule has 0 saturated carbocycles. The first kappa shape index (κ1) is 28.4. The largest absolute Gasteiger partial charge is 0.349 e. The van der Waals surface area contributed by atoms with Crippen LogP contribution in [-0.4, -0.2) is 50.8 Å². The molecule has 0 unspecified atom stereocenters. The molecule has 0 spiro atoms. The Morgan fingerprint density at radius 1 is 1.21 bits per heavy atom. The average molecular weight is 558 g/mol. The monoisotopic (exact) mass is 557 g/mol. The van der Waals surface area contributed by atoms with E-state index < -0.39 is 12.3 Å². The molecular weight excluding hydrogens is 524 g/mol. The van der Waals surface area contributed by atoms with Crippen molar-refractivity contribution in [1.82, 2.24) is 19.8 Å². The molecule has 1 aromatic carbocycles. The van der Waals surface area contributed by atoms with Gasteiger partial charge in [0.05, 0.1) is 26.8 Å². The maximum atomic E-state index is 13.1. The number of carbonyl (C=O) groups excluding carboxylic acids is 3. The van der Waals surface area contributed by atoms with Crippen LogP contribution in [0.25, 0.3) is 11.0 Å². The van der Waals surface area contributed by atoms with Crippen LogP contribution in [0.4, 0.5) is 14.7 Å². The molecular formula is C28H33F2N5O3S. The second-order valence-corrected chi connectivity index (χ2v) is 11.9. The van der Waals surface area contributed by atoms with Crippen LogP contribution >= 0.6 is 11.3 Å². The third kappa shape index (κ3) is 6.19. The van der Waals surface area contributed by atoms with Gasteiger partial charge >= 0.3 is 0 Å². The number of hydrogen-bond donors (Lipinski definition) is 2. The number of hydrogen-bond acceptors (Lipinski definition) is 5. The minimum atomic E-state index is -2.66. The van der Waals surface area contributed by atoms with E-state index in [-0.39, 0.29) is 45.0 Å². The number of nitrogens with one attached hydrogen (secondary N) is 2. The third-order valence-corrected chi connectivity index (χ3v) is 8.27. The molecule has 4 rings (SSSR count). The summed E-state index contributed by atoms with van der Waals surface area (Å²) in [6.07, 6.45) is 0.219. The van der Waals surface area contributed by atoms with E-state index in [2.05, 4.69) is 22.2 Å². The predicted molar refractivity (Wildman–Crippen MR) is 148 cm³/mol. The number of halogens is 2. The fourth-order valence-electron chi connectivity index (χ4n) is 4.45. The van der Waals surface area contributed by atoms with Gasteiger partial charge in [-0.3, -0.25) is 19.7 Å². The fraction of sp³-hybridized carbons (Fsp3) is 0.429. The van der Waals surface area contributed by atoms with Crippen molar-refractivity contribution < 1.29 is 23.2 Å². The first-order chi connectivity index (χ1) is 18.4. The van der Waals surface area contributed by atoms with Crippen LogP contribution in [0.15, 0.2) is 43.0 Å². The molecule has 3 amide bonds. The topological polar surface area (TPSA) is 96.3 Å². The van der Waals surface area contributed by atoms with Gasteiger partial charge in [-0.15, -0.1) is 11.3 Å². The fourth-order valence-corrected chi connectivity index (χ4v) is 5.21. The highest BCUT2D eigenvalue weighted by molar-refractivity contribution is 7.14. The maximum Gasteiger partial charge on any atom is 0.272 e. The van der Waals surface area contributed by atoms with Gasteiger partial charge in [0, 0.05) is 24.7 Å². The standard InChI is InChI=1S/C28H33F2N5O3S/c1-6-23(36)34-13-7-8-18(34)15-35-20-10-9-17(25(37)31-16(2)28(3,4)5)14-19(20)32-27(35)33-26(38)22-12-11-21(39-22)24(29)30/h6,9-12,14,16,18,24H,1,7-8,13,15H2,2-5H3,(H,31,37)(H,32,33,38)/t16-,18+/m0/s1. The molecule has 208 valence electrons. The second-order valence-electron chi connectivity index (χ2n) is 10.8. The van der Waals surface area contributed by atoms with Crippen molar-refractivity contribution in [1.29, 1.82) is 0 Å². The molecule has 11 heteroatoms. The van der Waals surface area contributed by atoms with E-state index in [4.69, 9.17) is 0 Å². The lowest BCUT2D eigenvalue weighted by Gasteiger charge is -2.28. The Morgan fingerprint density at radius 3 is 2.59 bits per heavy atom. The van der Waals surface area contributed by atoms with E-state index in [1.165, 1.54) is 18.2 Å². The number of anilines is 1. The zero-order valence-corrected chi connectivity index (χ0v) is 23.3. The smallest absolute Gasteiger partial charge is 0.272 e. The number of rotatable bonds is 8. The minimum absolute atomic E-state index is 0.0761. The van der Waals surface area contributed by atoms with Gasteiger partial charge in [0.1, 0.15) is 0 Å². The molecule has 1 aliphatic rings. The highest BCUT2D eigenvalue weighted by Crippen LogP contribution is 2.29. The lowest BCUT2D eigenvalue weighted by Crippen LogP contribution is -2.41. The van der Waals surface area contributed by atoms with E-state index in [0.29, 0.717) is 29.7 Å². The van der Waals surface area contributed by atoms with Crippen molar-refractivity contribution in [2.24, 2.45) is 5.41 Å². The lowest BCUT2D eigenvalue weighted by molar-refractivity contribution is -0.126. The zero-order valence-electron chi connectivity index (χ0n) is 22.5. The van der Waals surface area contributed by atoms with E-state index in [1.54, 1.807) is 27.7 Å². The summed E-state index contributed by atoms with van der Waals surface area (Å²) in [6.45, 7) is 12.6. The van der Waals surface area contributed by atoms with Gasteiger partial charge in [0.15, 0.2) is 0 Å². The highest BCUT2D eigenvalue weighted by Gasteiger charge is 2.30. The van der Waals surface area contributed by atoms with Crippen LogP contribution in [0, 0.1) is 5.41 Å². The predicted octanol–water partition coefficient (Wildman–Crippen LogP) is 5.63. The Bertz CT molecular complexity index is 1410. The van der Waals surface area contributed by atoms with Crippen molar-refractivity contribution in [2.45, 2.75) is 65.6 Å². The van der Waals surface area contributed by atoms with Gasteiger partial charge in [-0.25, -0.2) is 13.8 Å². The first-order valence-electron chi connectivity index (χ1n) is 12.8. The molecule has 3 heterocycles. The van der Waals surface area contributed by atoms with Crippen molar-refractivity contribution in [3.63, 3.8) is 0 Å². The highest BCUT2D eigenvalue weighted by atomic mass is 32.1. The van der Waals surface area contributed by atoms with Gasteiger partial charge in [-0.1, -0.05) is 27.4 Å². The molecule has 39 heavy (non-hydrogen) atoms. The molecule has 2 N–H and O–H groups in total. The average Bonchev–Trinajstić information content (AvgIpc) is 3.62. The first-order valence-corrected chi connectivity index (χ1v) is 13.6. The normalized spacial score (nSPS) is 16.5. The van der Waals surface area contributed by atoms with E-state index in [0.717, 1.165) is 24.2 Å². The Balaban J connectivity index is 1.69. The summed E-state index contributed by atoms with van der Waals surface area (Å²) >= 11 is 0.719. The van der Waals surface area contributed by atoms with Crippen LogP contribution in [-0.2, 0) is 11.3 Å². The van der Waals surface area contributed by atoms with Crippen LogP contribution in [0.3, 0.4) is 0 Å². The van der Waals surface area contributed by atoms with Gasteiger partial charge in [0.25, 0.3) is 18.2 Å². The van der Waals surface area contributed by atoms with E-state index >= 15 is 0 Å². The molecule has 1 saturated heterocycles. The number of nitrogens with zero attached hydrogens (tertiary/aromatic N) is 3. The lowest BCUT2D eigenvalue weighted by atomic mass is 9.88. The van der Waals surface area contributed by atoms with E-state index in [1.807, 2.05) is 27.7 Å². The molecule has 1 aliphatic heterocycles. The number of amides is 3. The molecule has 2 atom stereocenters. The number of likely N-dealkylation sites (tertiary alicyclic amines) is 1. The molecule has 2 aromatic heterocycles. The minimum Gasteiger partial charge on any atom is -0.349 e. The van der Waals surface area contributed by atoms with Crippen molar-refractivity contribution in [3.8, 4) is 0 Å². The van der Waals surface area contributed by atoms with Crippen LogP contribution in [0.2, 0.25) is 0 Å². The molecule has 8 nitrogen and oxygen atoms in total. The Kier molecular flexibility index (Phi) is 8.20. The number of benzene rings is 1. The summed E-state index contributed by atoms with van der Waals surface area (Å²) in [6, 6.07) is 7.49. The number of thiophene rings is 1. The summed E-state index contributed by atoms with van der Waals surface area (Å²) in [7, 11) is 0. The Hall–Kier alpha value is -3.60. The molecule has 0 aliphatic carbocycles. The quantitative estimate of drug-likeness (QED) is 0.351. The molecule has 3 aromatic rings. The summed E-state index contributed by atoms with van der Waals surface area (Å²) in [5.74, 6) is -0.764. The second kappa shape index (κ2) is 11.3. The van der Waals surface area contributed by atoms with Crippen LogP contribution < -0.4 is 10.6 Å². The molecule has 0 radical (unpaired) electrons. The van der Waals surface area contributed by atoms with Gasteiger partial charge in [0.2, 0.25) is 11.9 Å². The Labute approximate surface area is 230 Å². The summed E-state index contributed by atoms with van der Waals surface area (Å²) < 4.78 is 27.9. The molecule has 0 bridgehead atoms. The number of fused-ring (bicyclic) bond motifs is 1. The molecule has 1 fully saturated rings. The number of carbonyl (C=O) groups is 3. The number of imidazole rings is 1. The SMILES string of the molecule is C=CC(=O)N1CCC[C@@H]1Cn1c(NC(=O)c2ccc(C(F)F)s2)nc2cc(C(=O)N[C@@H](C)C(C)(C)C)ccc21. The summed E-state index contributed by atoms with van der Waals surface area (Å²) in [5.41, 5.74) is 1.45. The van der Waals surface area contributed by atoms with Gasteiger partial charge in [-0.05, 0) is 61.6 Å². The Morgan fingerprint density at radius 2 is 1.95 bits per heavy atom. The number of alkyl halides is 2. The van der Waals surface area contributed by atoms with Crippen molar-refractivity contribution in [3.05, 3.63) is 58.3 Å². The van der Waals surface area contributed by atoms with Gasteiger partial charge in [-0.2, -0.15) is 0 Å². The summed E-state index contributed by atoms with van der Waals surface area (Å²) in [5, 5.41) is 5.77. The third-order valence-electron chi connectivity index (χ3n) is 7.18. The number of aromatic nitrogens is 2. The zero-order chi connectivity index (χ0) is 28.5. The van der Waals surface area contributed by atoms with Crippen LogP contribution in [0.5, 0.6) is 0 Å². The van der Waals surface area contributed by atoms with Crippen molar-refractivity contribution >= 4 is 46.0 Å². The van der Waals surface area contributed by atoms with Crippen LogP contribution in [0.1, 0.15) is 71.9 Å². The van der Waals surface area contributed by atoms with Gasteiger partial charge < -0.3 is 14.8 Å².